The quantitative estimate of drug-likeness (QED) is 0.447. The van der Waals surface area contributed by atoms with E-state index in [1.807, 2.05) is 4.57 Å². The van der Waals surface area contributed by atoms with Crippen molar-refractivity contribution < 1.29 is 14.0 Å². The van der Waals surface area contributed by atoms with Crippen LogP contribution in [0.5, 0.6) is 0 Å². The fraction of sp³-hybridized carbons (Fsp3) is 0.200. The van der Waals surface area contributed by atoms with Gasteiger partial charge in [-0.25, -0.2) is 4.39 Å². The summed E-state index contributed by atoms with van der Waals surface area (Å²) in [6, 6.07) is 13.1. The number of nitrogens with zero attached hydrogens (tertiary/aromatic N) is 3. The van der Waals surface area contributed by atoms with Crippen molar-refractivity contribution in [3.63, 3.8) is 0 Å². The second-order valence-electron chi connectivity index (χ2n) is 6.66. The van der Waals surface area contributed by atoms with Gasteiger partial charge in [0.25, 0.3) is 5.91 Å². The fourth-order valence-corrected chi connectivity index (χ4v) is 3.90. The number of nitrogens with one attached hydrogen (secondary N) is 2. The molecule has 4 rings (SSSR count). The molecule has 1 heterocycles. The first-order chi connectivity index (χ1) is 14.5. The van der Waals surface area contributed by atoms with Gasteiger partial charge in [-0.2, -0.15) is 0 Å². The Labute approximate surface area is 181 Å². The van der Waals surface area contributed by atoms with E-state index in [4.69, 9.17) is 11.6 Å². The zero-order valence-corrected chi connectivity index (χ0v) is 17.2. The predicted octanol–water partition coefficient (Wildman–Crippen LogP) is 3.63. The molecule has 2 N–H and O–H groups in total. The lowest BCUT2D eigenvalue weighted by molar-refractivity contribution is -0.119. The molecule has 0 radical (unpaired) electrons. The van der Waals surface area contributed by atoms with Crippen LogP contribution in [-0.4, -0.2) is 32.3 Å². The van der Waals surface area contributed by atoms with E-state index in [-0.39, 0.29) is 28.2 Å². The highest BCUT2D eigenvalue weighted by Gasteiger charge is 2.31. The Bertz CT molecular complexity index is 1100. The average molecular weight is 446 g/mol. The Hall–Kier alpha value is -2.91. The van der Waals surface area contributed by atoms with Crippen molar-refractivity contribution in [2.75, 3.05) is 5.75 Å². The lowest BCUT2D eigenvalue weighted by Gasteiger charge is -2.10. The first kappa shape index (κ1) is 20.4. The van der Waals surface area contributed by atoms with E-state index in [9.17, 15) is 14.0 Å². The average Bonchev–Trinajstić information content (AvgIpc) is 3.50. The molecule has 30 heavy (non-hydrogen) atoms. The van der Waals surface area contributed by atoms with Gasteiger partial charge in [-0.3, -0.25) is 25.0 Å². The molecule has 154 valence electrons. The predicted molar refractivity (Wildman–Crippen MR) is 111 cm³/mol. The molecular formula is C20H17ClFN5O2S. The molecule has 0 unspecified atom stereocenters. The zero-order valence-electron chi connectivity index (χ0n) is 15.6. The van der Waals surface area contributed by atoms with Gasteiger partial charge in [-0.15, -0.1) is 10.2 Å². The van der Waals surface area contributed by atoms with Crippen molar-refractivity contribution in [2.24, 2.45) is 0 Å². The molecule has 0 aliphatic heterocycles. The molecule has 0 bridgehead atoms. The molecule has 7 nitrogen and oxygen atoms in total. The minimum atomic E-state index is -0.512. The third kappa shape index (κ3) is 4.47. The molecule has 1 aromatic heterocycles. The standard InChI is InChI=1S/C20H17ClFN5O2S/c21-15-7-3-1-5-13(15)19(29)25-23-17(28)11-30-20-26-24-18(27(20)12-9-10-12)14-6-2-4-8-16(14)22/h1-8,12H,9-11H2,(H,23,28)(H,25,29). The van der Waals surface area contributed by atoms with E-state index in [1.54, 1.807) is 42.5 Å². The molecule has 0 atom stereocenters. The molecule has 2 amide bonds. The van der Waals surface area contributed by atoms with E-state index < -0.39 is 11.8 Å². The van der Waals surface area contributed by atoms with Gasteiger partial charge in [-0.05, 0) is 37.1 Å². The zero-order chi connectivity index (χ0) is 21.1. The van der Waals surface area contributed by atoms with Crippen molar-refractivity contribution in [2.45, 2.75) is 24.0 Å². The lowest BCUT2D eigenvalue weighted by atomic mass is 10.2. The molecule has 1 aliphatic rings. The van der Waals surface area contributed by atoms with Gasteiger partial charge in [0.2, 0.25) is 5.91 Å². The molecule has 0 spiro atoms. The van der Waals surface area contributed by atoms with E-state index in [2.05, 4.69) is 21.0 Å². The first-order valence-electron chi connectivity index (χ1n) is 9.21. The van der Waals surface area contributed by atoms with Crippen molar-refractivity contribution in [3.8, 4) is 11.4 Å². The largest absolute Gasteiger partial charge is 0.299 e. The topological polar surface area (TPSA) is 88.9 Å². The molecule has 10 heteroatoms. The number of hydrogen-bond acceptors (Lipinski definition) is 5. The summed E-state index contributed by atoms with van der Waals surface area (Å²) in [5.74, 6) is -0.848. The van der Waals surface area contributed by atoms with E-state index in [0.29, 0.717) is 16.5 Å². The summed E-state index contributed by atoms with van der Waals surface area (Å²) in [5.41, 5.74) is 5.32. The van der Waals surface area contributed by atoms with Crippen molar-refractivity contribution in [1.29, 1.82) is 0 Å². The Kier molecular flexibility index (Phi) is 6.01. The van der Waals surface area contributed by atoms with E-state index >= 15 is 0 Å². The minimum absolute atomic E-state index is 0.00489. The molecule has 1 saturated carbocycles. The number of hydrogen-bond donors (Lipinski definition) is 2. The number of thioether (sulfide) groups is 1. The SMILES string of the molecule is O=C(CSc1nnc(-c2ccccc2F)n1C1CC1)NNC(=O)c1ccccc1Cl. The van der Waals surface area contributed by atoms with Crippen LogP contribution >= 0.6 is 23.4 Å². The molecular weight excluding hydrogens is 429 g/mol. The Balaban J connectivity index is 1.39. The van der Waals surface area contributed by atoms with Crippen LogP contribution in [-0.2, 0) is 4.79 Å². The van der Waals surface area contributed by atoms with Gasteiger partial charge in [-0.1, -0.05) is 47.6 Å². The number of carbonyl (C=O) groups is 2. The fourth-order valence-electron chi connectivity index (χ4n) is 2.87. The van der Waals surface area contributed by atoms with Crippen LogP contribution in [0.3, 0.4) is 0 Å². The Morgan fingerprint density at radius 3 is 2.57 bits per heavy atom. The molecule has 1 aliphatic carbocycles. The number of amides is 2. The van der Waals surface area contributed by atoms with Crippen LogP contribution in [0.2, 0.25) is 5.02 Å². The van der Waals surface area contributed by atoms with E-state index in [0.717, 1.165) is 12.8 Å². The Morgan fingerprint density at radius 1 is 1.10 bits per heavy atom. The summed E-state index contributed by atoms with van der Waals surface area (Å²) in [5, 5.41) is 9.11. The molecule has 0 saturated heterocycles. The van der Waals surface area contributed by atoms with Crippen LogP contribution < -0.4 is 10.9 Å². The number of halogens is 2. The number of hydrazine groups is 1. The van der Waals surface area contributed by atoms with Gasteiger partial charge in [0.1, 0.15) is 5.82 Å². The molecule has 1 fully saturated rings. The van der Waals surface area contributed by atoms with Crippen molar-refractivity contribution >= 4 is 35.2 Å². The van der Waals surface area contributed by atoms with Crippen LogP contribution in [0, 0.1) is 5.82 Å². The van der Waals surface area contributed by atoms with E-state index in [1.165, 1.54) is 17.8 Å². The minimum Gasteiger partial charge on any atom is -0.299 e. The maximum absolute atomic E-state index is 14.2. The van der Waals surface area contributed by atoms with Crippen molar-refractivity contribution in [1.82, 2.24) is 25.6 Å². The van der Waals surface area contributed by atoms with Crippen LogP contribution in [0.1, 0.15) is 29.2 Å². The maximum atomic E-state index is 14.2. The highest BCUT2D eigenvalue weighted by atomic mass is 35.5. The summed E-state index contributed by atoms with van der Waals surface area (Å²) < 4.78 is 16.1. The third-order valence-electron chi connectivity index (χ3n) is 4.46. The summed E-state index contributed by atoms with van der Waals surface area (Å²) in [6.45, 7) is 0. The van der Waals surface area contributed by atoms with Gasteiger partial charge in [0.05, 0.1) is 21.9 Å². The number of benzene rings is 2. The van der Waals surface area contributed by atoms with Crippen LogP contribution in [0.15, 0.2) is 53.7 Å². The monoisotopic (exact) mass is 445 g/mol. The summed E-state index contributed by atoms with van der Waals surface area (Å²) in [4.78, 5) is 24.3. The summed E-state index contributed by atoms with van der Waals surface area (Å²) in [7, 11) is 0. The number of carbonyl (C=O) groups excluding carboxylic acids is 2. The number of rotatable bonds is 6. The highest BCUT2D eigenvalue weighted by Crippen LogP contribution is 2.41. The Morgan fingerprint density at radius 2 is 1.83 bits per heavy atom. The third-order valence-corrected chi connectivity index (χ3v) is 5.73. The van der Waals surface area contributed by atoms with Gasteiger partial charge >= 0.3 is 0 Å². The smallest absolute Gasteiger partial charge is 0.271 e. The van der Waals surface area contributed by atoms with Crippen LogP contribution in [0.4, 0.5) is 4.39 Å². The van der Waals surface area contributed by atoms with Crippen LogP contribution in [0.25, 0.3) is 11.4 Å². The van der Waals surface area contributed by atoms with Crippen molar-refractivity contribution in [3.05, 3.63) is 64.9 Å². The van der Waals surface area contributed by atoms with Gasteiger partial charge in [0.15, 0.2) is 11.0 Å². The second-order valence-corrected chi connectivity index (χ2v) is 8.01. The van der Waals surface area contributed by atoms with Gasteiger partial charge < -0.3 is 0 Å². The lowest BCUT2D eigenvalue weighted by Crippen LogP contribution is -2.42. The maximum Gasteiger partial charge on any atom is 0.271 e. The summed E-state index contributed by atoms with van der Waals surface area (Å²) >= 11 is 7.14. The molecule has 3 aromatic rings. The number of aromatic nitrogens is 3. The normalized spacial score (nSPS) is 13.1. The van der Waals surface area contributed by atoms with Gasteiger partial charge in [0, 0.05) is 6.04 Å². The second kappa shape index (κ2) is 8.85. The first-order valence-corrected chi connectivity index (χ1v) is 10.6. The molecule has 2 aromatic carbocycles. The summed E-state index contributed by atoms with van der Waals surface area (Å²) in [6.07, 6.45) is 1.90. The highest BCUT2D eigenvalue weighted by molar-refractivity contribution is 7.99.